The summed E-state index contributed by atoms with van der Waals surface area (Å²) in [4.78, 5) is 2.39. The van der Waals surface area contributed by atoms with Crippen molar-refractivity contribution < 1.29 is 0 Å². The molecule has 0 saturated carbocycles. The topological polar surface area (TPSA) is 53.1 Å². The highest BCUT2D eigenvalue weighted by Gasteiger charge is 2.13. The van der Waals surface area contributed by atoms with Gasteiger partial charge in [0.2, 0.25) is 0 Å². The number of benzene rings is 1. The Balaban J connectivity index is 2.93. The molecule has 1 aromatic rings. The number of nitrogens with one attached hydrogen (secondary N) is 1. The Hall–Kier alpha value is -1.51. The lowest BCUT2D eigenvalue weighted by atomic mass is 10.1. The van der Waals surface area contributed by atoms with Crippen molar-refractivity contribution in [1.82, 2.24) is 0 Å². The van der Waals surface area contributed by atoms with Crippen LogP contribution in [0.2, 0.25) is 0 Å². The molecule has 0 saturated heterocycles. The second-order valence-corrected chi connectivity index (χ2v) is 6.28. The van der Waals surface area contributed by atoms with Crippen molar-refractivity contribution in [3.05, 3.63) is 29.8 Å². The standard InChI is InChI=1S/C17H29N3/c1-13(2)9-11-20(12-10-14(3)4)16-8-6-5-7-15(16)17(18)19/h5-8,13-14H,9-12H2,1-4H3,(H3,18,19). The summed E-state index contributed by atoms with van der Waals surface area (Å²) in [7, 11) is 0. The molecule has 0 fully saturated rings. The van der Waals surface area contributed by atoms with E-state index in [1.807, 2.05) is 18.2 Å². The number of rotatable bonds is 8. The van der Waals surface area contributed by atoms with Crippen LogP contribution in [-0.2, 0) is 0 Å². The van der Waals surface area contributed by atoms with E-state index in [0.717, 1.165) is 37.2 Å². The quantitative estimate of drug-likeness (QED) is 0.559. The van der Waals surface area contributed by atoms with Crippen molar-refractivity contribution in [2.75, 3.05) is 18.0 Å². The highest BCUT2D eigenvalue weighted by Crippen LogP contribution is 2.22. The van der Waals surface area contributed by atoms with Crippen LogP contribution in [0.3, 0.4) is 0 Å². The average Bonchev–Trinajstić information content (AvgIpc) is 2.38. The summed E-state index contributed by atoms with van der Waals surface area (Å²) in [6.07, 6.45) is 2.31. The maximum absolute atomic E-state index is 7.75. The zero-order valence-electron chi connectivity index (χ0n) is 13.3. The van der Waals surface area contributed by atoms with Crippen LogP contribution >= 0.6 is 0 Å². The molecule has 1 rings (SSSR count). The molecular weight excluding hydrogens is 246 g/mol. The molecule has 3 heteroatoms. The Bertz CT molecular complexity index is 412. The van der Waals surface area contributed by atoms with Crippen LogP contribution in [0.25, 0.3) is 0 Å². The number of nitrogens with two attached hydrogens (primary N) is 1. The number of hydrogen-bond acceptors (Lipinski definition) is 2. The van der Waals surface area contributed by atoms with Crippen molar-refractivity contribution in [3.63, 3.8) is 0 Å². The molecule has 112 valence electrons. The van der Waals surface area contributed by atoms with Gasteiger partial charge in [0.25, 0.3) is 0 Å². The molecule has 1 aromatic carbocycles. The fourth-order valence-corrected chi connectivity index (χ4v) is 2.16. The lowest BCUT2D eigenvalue weighted by molar-refractivity contribution is 0.535. The Morgan fingerprint density at radius 2 is 1.55 bits per heavy atom. The summed E-state index contributed by atoms with van der Waals surface area (Å²) in [5.74, 6) is 1.52. The first-order valence-corrected chi connectivity index (χ1v) is 7.60. The summed E-state index contributed by atoms with van der Waals surface area (Å²) >= 11 is 0. The lowest BCUT2D eigenvalue weighted by Gasteiger charge is -2.28. The summed E-state index contributed by atoms with van der Waals surface area (Å²) < 4.78 is 0. The molecular formula is C17H29N3. The van der Waals surface area contributed by atoms with E-state index in [9.17, 15) is 0 Å². The second-order valence-electron chi connectivity index (χ2n) is 6.28. The molecule has 0 aliphatic rings. The van der Waals surface area contributed by atoms with Crippen LogP contribution in [0.1, 0.15) is 46.1 Å². The van der Waals surface area contributed by atoms with Gasteiger partial charge in [-0.1, -0.05) is 39.8 Å². The Kier molecular flexibility index (Phi) is 6.56. The van der Waals surface area contributed by atoms with Gasteiger partial charge in [0.1, 0.15) is 5.84 Å². The van der Waals surface area contributed by atoms with Crippen molar-refractivity contribution in [3.8, 4) is 0 Å². The number of hydrogen-bond donors (Lipinski definition) is 2. The fourth-order valence-electron chi connectivity index (χ4n) is 2.16. The third-order valence-corrected chi connectivity index (χ3v) is 3.49. The molecule has 0 spiro atoms. The second kappa shape index (κ2) is 7.93. The van der Waals surface area contributed by atoms with E-state index < -0.39 is 0 Å². The number of amidine groups is 1. The first-order chi connectivity index (χ1) is 9.41. The molecule has 0 heterocycles. The van der Waals surface area contributed by atoms with Gasteiger partial charge in [0, 0.05) is 24.3 Å². The minimum absolute atomic E-state index is 0.152. The minimum Gasteiger partial charge on any atom is -0.384 e. The van der Waals surface area contributed by atoms with Crippen molar-refractivity contribution in [2.45, 2.75) is 40.5 Å². The van der Waals surface area contributed by atoms with Crippen molar-refractivity contribution in [1.29, 1.82) is 5.41 Å². The molecule has 0 aromatic heterocycles. The summed E-state index contributed by atoms with van der Waals surface area (Å²) in [6.45, 7) is 11.0. The summed E-state index contributed by atoms with van der Waals surface area (Å²) in [5, 5.41) is 7.75. The summed E-state index contributed by atoms with van der Waals surface area (Å²) in [5.41, 5.74) is 7.67. The third-order valence-electron chi connectivity index (χ3n) is 3.49. The fraction of sp³-hybridized carbons (Fsp3) is 0.588. The summed E-state index contributed by atoms with van der Waals surface area (Å²) in [6, 6.07) is 8.00. The number of nitrogens with zero attached hydrogens (tertiary/aromatic N) is 1. The number of nitrogen functional groups attached to an aromatic ring is 1. The molecule has 0 atom stereocenters. The van der Waals surface area contributed by atoms with E-state index >= 15 is 0 Å². The minimum atomic E-state index is 0.152. The van der Waals surface area contributed by atoms with E-state index in [-0.39, 0.29) is 5.84 Å². The Morgan fingerprint density at radius 3 is 2.00 bits per heavy atom. The SMILES string of the molecule is CC(C)CCN(CCC(C)C)c1ccccc1C(=N)N. The zero-order valence-corrected chi connectivity index (χ0v) is 13.3. The molecule has 0 amide bonds. The van der Waals surface area contributed by atoms with Gasteiger partial charge in [0.05, 0.1) is 0 Å². The number of anilines is 1. The van der Waals surface area contributed by atoms with Crippen LogP contribution in [0.15, 0.2) is 24.3 Å². The first kappa shape index (κ1) is 16.5. The van der Waals surface area contributed by atoms with Crippen LogP contribution in [0.5, 0.6) is 0 Å². The molecule has 3 N–H and O–H groups in total. The van der Waals surface area contributed by atoms with E-state index in [2.05, 4.69) is 38.7 Å². The lowest BCUT2D eigenvalue weighted by Crippen LogP contribution is -2.30. The molecule has 0 unspecified atom stereocenters. The molecule has 3 nitrogen and oxygen atoms in total. The predicted octanol–water partition coefficient (Wildman–Crippen LogP) is 3.87. The zero-order chi connectivity index (χ0) is 15.1. The van der Waals surface area contributed by atoms with Crippen molar-refractivity contribution >= 4 is 11.5 Å². The highest BCUT2D eigenvalue weighted by atomic mass is 15.1. The van der Waals surface area contributed by atoms with E-state index in [0.29, 0.717) is 11.8 Å². The van der Waals surface area contributed by atoms with Gasteiger partial charge in [-0.3, -0.25) is 5.41 Å². The smallest absolute Gasteiger partial charge is 0.124 e. The van der Waals surface area contributed by atoms with Gasteiger partial charge in [-0.2, -0.15) is 0 Å². The highest BCUT2D eigenvalue weighted by molar-refractivity contribution is 6.00. The molecule has 0 bridgehead atoms. The van der Waals surface area contributed by atoms with Gasteiger partial charge < -0.3 is 10.6 Å². The van der Waals surface area contributed by atoms with Crippen LogP contribution in [0.4, 0.5) is 5.69 Å². The molecule has 20 heavy (non-hydrogen) atoms. The van der Waals surface area contributed by atoms with E-state index in [4.69, 9.17) is 11.1 Å². The van der Waals surface area contributed by atoms with Crippen LogP contribution in [0, 0.1) is 17.2 Å². The monoisotopic (exact) mass is 275 g/mol. The van der Waals surface area contributed by atoms with Crippen molar-refractivity contribution in [2.24, 2.45) is 17.6 Å². The molecule has 0 radical (unpaired) electrons. The normalized spacial score (nSPS) is 11.1. The molecule has 0 aliphatic heterocycles. The Morgan fingerprint density at radius 1 is 1.05 bits per heavy atom. The van der Waals surface area contributed by atoms with Crippen LogP contribution in [-0.4, -0.2) is 18.9 Å². The predicted molar refractivity (Wildman–Crippen MR) is 88.6 cm³/mol. The average molecular weight is 275 g/mol. The maximum Gasteiger partial charge on any atom is 0.124 e. The van der Waals surface area contributed by atoms with Gasteiger partial charge in [-0.05, 0) is 36.8 Å². The largest absolute Gasteiger partial charge is 0.384 e. The van der Waals surface area contributed by atoms with Gasteiger partial charge >= 0.3 is 0 Å². The Labute approximate surface area is 123 Å². The van der Waals surface area contributed by atoms with Crippen LogP contribution < -0.4 is 10.6 Å². The number of para-hydroxylation sites is 1. The first-order valence-electron chi connectivity index (χ1n) is 7.60. The maximum atomic E-state index is 7.75. The van der Waals surface area contributed by atoms with E-state index in [1.165, 1.54) is 0 Å². The van der Waals surface area contributed by atoms with E-state index in [1.54, 1.807) is 0 Å². The molecule has 0 aliphatic carbocycles. The van der Waals surface area contributed by atoms with Gasteiger partial charge in [-0.15, -0.1) is 0 Å². The van der Waals surface area contributed by atoms with Gasteiger partial charge in [0.15, 0.2) is 0 Å². The van der Waals surface area contributed by atoms with Gasteiger partial charge in [-0.25, -0.2) is 0 Å². The third kappa shape index (κ3) is 5.24.